The van der Waals surface area contributed by atoms with E-state index in [0.29, 0.717) is 5.02 Å². The first-order valence-electron chi connectivity index (χ1n) is 7.04. The largest absolute Gasteiger partial charge is 0.454 e. The molecule has 1 saturated heterocycles. The van der Waals surface area contributed by atoms with Crippen molar-refractivity contribution in [2.24, 2.45) is 0 Å². The minimum Gasteiger partial charge on any atom is -0.454 e. The van der Waals surface area contributed by atoms with Crippen molar-refractivity contribution < 1.29 is 9.47 Å². The maximum absolute atomic E-state index is 6.43. The van der Waals surface area contributed by atoms with Crippen molar-refractivity contribution in [3.05, 3.63) is 23.2 Å². The topological polar surface area (TPSA) is 37.8 Å². The molecular weight excluding hydrogens is 290 g/mol. The number of nitrogens with zero attached hydrogens (tertiary/aromatic N) is 3. The van der Waals surface area contributed by atoms with E-state index < -0.39 is 0 Å². The molecule has 110 valence electrons. The van der Waals surface area contributed by atoms with Crippen molar-refractivity contribution in [1.82, 2.24) is 9.88 Å². The van der Waals surface area contributed by atoms with E-state index in [-0.39, 0.29) is 6.79 Å². The molecule has 1 aromatic carbocycles. The molecule has 0 N–H and O–H groups in total. The molecule has 0 amide bonds. The molecule has 0 unspecified atom stereocenters. The van der Waals surface area contributed by atoms with Crippen LogP contribution in [0.5, 0.6) is 11.5 Å². The number of benzene rings is 1. The van der Waals surface area contributed by atoms with Gasteiger partial charge in [0.1, 0.15) is 5.82 Å². The van der Waals surface area contributed by atoms with Gasteiger partial charge in [-0.3, -0.25) is 0 Å². The van der Waals surface area contributed by atoms with E-state index in [2.05, 4.69) is 16.8 Å². The van der Waals surface area contributed by atoms with Gasteiger partial charge in [0.25, 0.3) is 0 Å². The molecule has 2 aliphatic heterocycles. The van der Waals surface area contributed by atoms with Gasteiger partial charge in [-0.15, -0.1) is 0 Å². The highest BCUT2D eigenvalue weighted by atomic mass is 35.5. The van der Waals surface area contributed by atoms with E-state index in [1.54, 1.807) is 0 Å². The third-order valence-corrected chi connectivity index (χ3v) is 4.33. The van der Waals surface area contributed by atoms with E-state index in [9.17, 15) is 0 Å². The summed E-state index contributed by atoms with van der Waals surface area (Å²) in [5, 5.41) is 1.66. The van der Waals surface area contributed by atoms with Crippen LogP contribution < -0.4 is 14.4 Å². The second-order valence-electron chi connectivity index (χ2n) is 5.48. The van der Waals surface area contributed by atoms with E-state index in [0.717, 1.165) is 54.4 Å². The van der Waals surface area contributed by atoms with E-state index >= 15 is 0 Å². The number of fused-ring (bicyclic) bond motifs is 2. The highest BCUT2D eigenvalue weighted by molar-refractivity contribution is 6.33. The van der Waals surface area contributed by atoms with Crippen LogP contribution in [0.1, 0.15) is 0 Å². The average molecular weight is 306 g/mol. The van der Waals surface area contributed by atoms with Crippen LogP contribution in [-0.4, -0.2) is 49.9 Å². The van der Waals surface area contributed by atoms with Crippen molar-refractivity contribution >= 4 is 28.3 Å². The Labute approximate surface area is 128 Å². The van der Waals surface area contributed by atoms with Gasteiger partial charge in [0.2, 0.25) is 6.79 Å². The Bertz CT molecular complexity index is 699. The lowest BCUT2D eigenvalue weighted by Gasteiger charge is -2.33. The van der Waals surface area contributed by atoms with Gasteiger partial charge in [-0.2, -0.15) is 0 Å². The van der Waals surface area contributed by atoms with Crippen molar-refractivity contribution in [2.45, 2.75) is 0 Å². The third kappa shape index (κ3) is 2.26. The minimum absolute atomic E-state index is 0.269. The van der Waals surface area contributed by atoms with E-state index in [4.69, 9.17) is 26.1 Å². The molecule has 2 aliphatic rings. The first kappa shape index (κ1) is 13.0. The third-order valence-electron chi connectivity index (χ3n) is 4.05. The second kappa shape index (κ2) is 4.93. The van der Waals surface area contributed by atoms with Crippen LogP contribution in [0.15, 0.2) is 18.2 Å². The number of piperazine rings is 1. The van der Waals surface area contributed by atoms with Gasteiger partial charge in [0, 0.05) is 37.6 Å². The standard InChI is InChI=1S/C15H16ClN3O2/c1-18-2-4-19(5-3-18)15-11(16)6-10-7-13-14(21-9-20-13)8-12(10)17-15/h6-8H,2-5,9H2,1H3. The van der Waals surface area contributed by atoms with Crippen molar-refractivity contribution in [3.8, 4) is 11.5 Å². The molecule has 0 aliphatic carbocycles. The maximum Gasteiger partial charge on any atom is 0.231 e. The van der Waals surface area contributed by atoms with Gasteiger partial charge in [0.05, 0.1) is 10.5 Å². The molecule has 0 bridgehead atoms. The molecule has 4 rings (SSSR count). The van der Waals surface area contributed by atoms with Gasteiger partial charge in [-0.1, -0.05) is 11.6 Å². The fraction of sp³-hybridized carbons (Fsp3) is 0.400. The Morgan fingerprint density at radius 2 is 1.76 bits per heavy atom. The van der Waals surface area contributed by atoms with Crippen molar-refractivity contribution in [1.29, 1.82) is 0 Å². The second-order valence-corrected chi connectivity index (χ2v) is 5.89. The van der Waals surface area contributed by atoms with Gasteiger partial charge in [-0.25, -0.2) is 4.98 Å². The number of rotatable bonds is 1. The zero-order valence-electron chi connectivity index (χ0n) is 11.8. The van der Waals surface area contributed by atoms with Crippen LogP contribution in [0.2, 0.25) is 5.02 Å². The molecule has 0 spiro atoms. The van der Waals surface area contributed by atoms with Crippen LogP contribution in [0.3, 0.4) is 0 Å². The number of ether oxygens (including phenoxy) is 2. The van der Waals surface area contributed by atoms with Crippen LogP contribution in [-0.2, 0) is 0 Å². The Morgan fingerprint density at radius 3 is 2.52 bits per heavy atom. The predicted molar refractivity (Wildman–Crippen MR) is 82.6 cm³/mol. The monoisotopic (exact) mass is 305 g/mol. The van der Waals surface area contributed by atoms with Crippen LogP contribution >= 0.6 is 11.6 Å². The first-order valence-corrected chi connectivity index (χ1v) is 7.42. The van der Waals surface area contributed by atoms with Gasteiger partial charge in [-0.05, 0) is 19.2 Å². The van der Waals surface area contributed by atoms with Crippen molar-refractivity contribution in [3.63, 3.8) is 0 Å². The molecule has 0 saturated carbocycles. The summed E-state index contributed by atoms with van der Waals surface area (Å²) in [6.07, 6.45) is 0. The fourth-order valence-electron chi connectivity index (χ4n) is 2.77. The molecule has 0 radical (unpaired) electrons. The summed E-state index contributed by atoms with van der Waals surface area (Å²) >= 11 is 6.43. The SMILES string of the molecule is CN1CCN(c2nc3cc4c(cc3cc2Cl)OCO4)CC1. The Balaban J connectivity index is 1.76. The van der Waals surface area contributed by atoms with Crippen LogP contribution in [0, 0.1) is 0 Å². The lowest BCUT2D eigenvalue weighted by atomic mass is 10.2. The number of aromatic nitrogens is 1. The molecule has 2 aromatic rings. The molecule has 6 heteroatoms. The highest BCUT2D eigenvalue weighted by Gasteiger charge is 2.20. The molecule has 0 atom stereocenters. The summed E-state index contributed by atoms with van der Waals surface area (Å²) in [6.45, 7) is 4.21. The summed E-state index contributed by atoms with van der Waals surface area (Å²) in [7, 11) is 2.13. The smallest absolute Gasteiger partial charge is 0.231 e. The molecule has 5 nitrogen and oxygen atoms in total. The summed E-state index contributed by atoms with van der Waals surface area (Å²) in [5.74, 6) is 2.37. The predicted octanol–water partition coefficient (Wildman–Crippen LogP) is 2.37. The van der Waals surface area contributed by atoms with Gasteiger partial charge >= 0.3 is 0 Å². The zero-order valence-corrected chi connectivity index (χ0v) is 12.6. The first-order chi connectivity index (χ1) is 10.2. The molecule has 21 heavy (non-hydrogen) atoms. The zero-order chi connectivity index (χ0) is 14.4. The number of halogens is 1. The number of hydrogen-bond donors (Lipinski definition) is 0. The summed E-state index contributed by atoms with van der Waals surface area (Å²) < 4.78 is 10.8. The quantitative estimate of drug-likeness (QED) is 0.808. The number of likely N-dealkylation sites (N-methyl/N-ethyl adjacent to an activating group) is 1. The number of hydrogen-bond acceptors (Lipinski definition) is 5. The van der Waals surface area contributed by atoms with Crippen LogP contribution in [0.4, 0.5) is 5.82 Å². The lowest BCUT2D eigenvalue weighted by molar-refractivity contribution is 0.174. The normalized spacial score (nSPS) is 18.5. The van der Waals surface area contributed by atoms with E-state index in [1.165, 1.54) is 0 Å². The summed E-state index contributed by atoms with van der Waals surface area (Å²) in [6, 6.07) is 5.82. The molecule has 1 aromatic heterocycles. The molecule has 3 heterocycles. The van der Waals surface area contributed by atoms with Crippen molar-refractivity contribution in [2.75, 3.05) is 44.9 Å². The summed E-state index contributed by atoms with van der Waals surface area (Å²) in [4.78, 5) is 9.29. The minimum atomic E-state index is 0.269. The fourth-order valence-corrected chi connectivity index (χ4v) is 3.05. The molecule has 1 fully saturated rings. The average Bonchev–Trinajstić information content (AvgIpc) is 2.92. The Kier molecular flexibility index (Phi) is 3.05. The Morgan fingerprint density at radius 1 is 1.05 bits per heavy atom. The lowest BCUT2D eigenvalue weighted by Crippen LogP contribution is -2.44. The van der Waals surface area contributed by atoms with E-state index in [1.807, 2.05) is 18.2 Å². The van der Waals surface area contributed by atoms with Gasteiger partial charge < -0.3 is 19.3 Å². The molecular formula is C15H16ClN3O2. The highest BCUT2D eigenvalue weighted by Crippen LogP contribution is 2.38. The van der Waals surface area contributed by atoms with Gasteiger partial charge in [0.15, 0.2) is 11.5 Å². The summed E-state index contributed by atoms with van der Waals surface area (Å²) in [5.41, 5.74) is 0.887. The maximum atomic E-state index is 6.43. The Hall–Kier alpha value is -1.72. The number of pyridine rings is 1. The number of anilines is 1. The van der Waals surface area contributed by atoms with Crippen LogP contribution in [0.25, 0.3) is 10.9 Å².